The SMILES string of the molecule is CCCC(=O)O[C@@H]1CC/C(C)=C\[C@@H]2OC(=O)C(C)=C2C[C@H]2[C@@]3(C)O[C@H]3C[C@H](OC(C)=O)[C@]12C. The predicted octanol–water partition coefficient (Wildman–Crippen LogP) is 4.19. The summed E-state index contributed by atoms with van der Waals surface area (Å²) < 4.78 is 23.9. The van der Waals surface area contributed by atoms with Crippen LogP contribution in [0.4, 0.5) is 0 Å². The Morgan fingerprint density at radius 3 is 2.58 bits per heavy atom. The molecule has 1 saturated heterocycles. The second-order valence-corrected chi connectivity index (χ2v) is 10.5. The molecule has 0 radical (unpaired) electrons. The van der Waals surface area contributed by atoms with Gasteiger partial charge in [0.15, 0.2) is 0 Å². The normalized spacial score (nSPS) is 41.6. The number of fused-ring (bicyclic) bond motifs is 4. The molecule has 0 N–H and O–H groups in total. The first-order valence-corrected chi connectivity index (χ1v) is 12.1. The molecule has 0 unspecified atom stereocenters. The molecule has 7 heteroatoms. The van der Waals surface area contributed by atoms with Gasteiger partial charge in [0.25, 0.3) is 0 Å². The standard InChI is InChI=1S/C26H36O7/c1-7-8-23(28)32-20-10-9-14(2)11-18-17(15(3)24(29)31-18)12-19-25(20,5)21(30-16(4)27)13-22-26(19,6)33-22/h11,18-22H,7-10,12-13H2,1-6H3/b14-11-/t18-,19+,20+,21-,22-,25-,26+/m0/s1. The minimum Gasteiger partial charge on any atom is -0.462 e. The fraction of sp³-hybridized carbons (Fsp3) is 0.731. The Morgan fingerprint density at radius 2 is 1.91 bits per heavy atom. The van der Waals surface area contributed by atoms with Crippen LogP contribution in [-0.4, -0.2) is 47.9 Å². The molecule has 2 aliphatic carbocycles. The number of ether oxygens (including phenoxy) is 4. The summed E-state index contributed by atoms with van der Waals surface area (Å²) in [5.74, 6) is -1.01. The lowest BCUT2D eigenvalue weighted by atomic mass is 9.56. The Kier molecular flexibility index (Phi) is 6.23. The van der Waals surface area contributed by atoms with E-state index in [1.165, 1.54) is 6.92 Å². The van der Waals surface area contributed by atoms with Gasteiger partial charge in [-0.2, -0.15) is 0 Å². The van der Waals surface area contributed by atoms with Crippen molar-refractivity contribution in [3.8, 4) is 0 Å². The van der Waals surface area contributed by atoms with Crippen LogP contribution in [0.25, 0.3) is 0 Å². The van der Waals surface area contributed by atoms with E-state index < -0.39 is 29.3 Å². The van der Waals surface area contributed by atoms with Gasteiger partial charge in [-0.1, -0.05) is 19.4 Å². The van der Waals surface area contributed by atoms with Crippen molar-refractivity contribution < 1.29 is 33.3 Å². The molecule has 33 heavy (non-hydrogen) atoms. The third-order valence-electron chi connectivity index (χ3n) is 8.30. The molecular formula is C26H36O7. The maximum Gasteiger partial charge on any atom is 0.334 e. The van der Waals surface area contributed by atoms with Crippen LogP contribution >= 0.6 is 0 Å². The fourth-order valence-corrected chi connectivity index (χ4v) is 6.24. The minimum absolute atomic E-state index is 0.0375. The zero-order valence-electron chi connectivity index (χ0n) is 20.6. The summed E-state index contributed by atoms with van der Waals surface area (Å²) in [5.41, 5.74) is 1.52. The van der Waals surface area contributed by atoms with Gasteiger partial charge in [0, 0.05) is 36.7 Å². The largest absolute Gasteiger partial charge is 0.462 e. The third-order valence-corrected chi connectivity index (χ3v) is 8.30. The zero-order chi connectivity index (χ0) is 24.1. The van der Waals surface area contributed by atoms with E-state index in [0.29, 0.717) is 44.1 Å². The minimum atomic E-state index is -0.683. The molecule has 0 aromatic heterocycles. The highest BCUT2D eigenvalue weighted by molar-refractivity contribution is 5.92. The van der Waals surface area contributed by atoms with Crippen molar-refractivity contribution in [3.63, 3.8) is 0 Å². The van der Waals surface area contributed by atoms with Gasteiger partial charge >= 0.3 is 17.9 Å². The Balaban J connectivity index is 1.83. The van der Waals surface area contributed by atoms with Crippen molar-refractivity contribution in [3.05, 3.63) is 22.8 Å². The lowest BCUT2D eigenvalue weighted by Gasteiger charge is -2.51. The lowest BCUT2D eigenvalue weighted by Crippen LogP contribution is -2.59. The fourth-order valence-electron chi connectivity index (χ4n) is 6.24. The molecule has 2 aliphatic heterocycles. The zero-order valence-corrected chi connectivity index (χ0v) is 20.6. The number of hydrogen-bond donors (Lipinski definition) is 0. The van der Waals surface area contributed by atoms with Crippen molar-refractivity contribution in [2.75, 3.05) is 0 Å². The summed E-state index contributed by atoms with van der Waals surface area (Å²) in [4.78, 5) is 37.3. The Hall–Kier alpha value is -2.15. The molecule has 4 aliphatic rings. The second-order valence-electron chi connectivity index (χ2n) is 10.5. The second kappa shape index (κ2) is 8.57. The highest BCUT2D eigenvalue weighted by Gasteiger charge is 2.71. The Morgan fingerprint density at radius 1 is 1.18 bits per heavy atom. The third kappa shape index (κ3) is 4.13. The number of epoxide rings is 1. The summed E-state index contributed by atoms with van der Waals surface area (Å²) in [5, 5.41) is 0. The van der Waals surface area contributed by atoms with Crippen LogP contribution in [0.1, 0.15) is 80.1 Å². The van der Waals surface area contributed by atoms with Gasteiger partial charge in [0.2, 0.25) is 0 Å². The molecule has 0 aromatic rings. The van der Waals surface area contributed by atoms with Gasteiger partial charge in [-0.25, -0.2) is 4.79 Å². The number of hydrogen-bond acceptors (Lipinski definition) is 7. The van der Waals surface area contributed by atoms with Crippen LogP contribution in [0, 0.1) is 11.3 Å². The van der Waals surface area contributed by atoms with Gasteiger partial charge in [-0.15, -0.1) is 0 Å². The quantitative estimate of drug-likeness (QED) is 0.269. The summed E-state index contributed by atoms with van der Waals surface area (Å²) in [6.45, 7) is 11.3. The highest BCUT2D eigenvalue weighted by Crippen LogP contribution is 2.63. The van der Waals surface area contributed by atoms with Gasteiger partial charge in [0.1, 0.15) is 18.3 Å². The number of carbonyl (C=O) groups is 3. The first kappa shape index (κ1) is 24.0. The van der Waals surface area contributed by atoms with Crippen LogP contribution in [0.5, 0.6) is 0 Å². The van der Waals surface area contributed by atoms with Crippen LogP contribution in [0.2, 0.25) is 0 Å². The number of allylic oxidation sites excluding steroid dienone is 1. The van der Waals surface area contributed by atoms with E-state index >= 15 is 0 Å². The van der Waals surface area contributed by atoms with E-state index in [4.69, 9.17) is 18.9 Å². The van der Waals surface area contributed by atoms with E-state index in [1.807, 2.05) is 26.8 Å². The molecule has 2 fully saturated rings. The average Bonchev–Trinajstić information content (AvgIpc) is 3.31. The molecular weight excluding hydrogens is 424 g/mol. The topological polar surface area (TPSA) is 91.4 Å². The van der Waals surface area contributed by atoms with Crippen LogP contribution in [0.15, 0.2) is 22.8 Å². The van der Waals surface area contributed by atoms with Crippen LogP contribution < -0.4 is 0 Å². The lowest BCUT2D eigenvalue weighted by molar-refractivity contribution is -0.188. The van der Waals surface area contributed by atoms with E-state index in [-0.39, 0.29) is 29.9 Å². The summed E-state index contributed by atoms with van der Waals surface area (Å²) in [7, 11) is 0. The van der Waals surface area contributed by atoms with Gasteiger partial charge in [0.05, 0.1) is 11.7 Å². The van der Waals surface area contributed by atoms with Crippen molar-refractivity contribution in [1.82, 2.24) is 0 Å². The molecule has 0 bridgehead atoms. The first-order chi connectivity index (χ1) is 15.5. The van der Waals surface area contributed by atoms with Crippen molar-refractivity contribution in [1.29, 1.82) is 0 Å². The van der Waals surface area contributed by atoms with E-state index in [9.17, 15) is 14.4 Å². The smallest absolute Gasteiger partial charge is 0.334 e. The van der Waals surface area contributed by atoms with Gasteiger partial charge in [-0.05, 0) is 58.1 Å². The molecule has 1 saturated carbocycles. The maximum absolute atomic E-state index is 12.7. The number of carbonyl (C=O) groups excluding carboxylic acids is 3. The molecule has 7 atom stereocenters. The monoisotopic (exact) mass is 460 g/mol. The van der Waals surface area contributed by atoms with Crippen molar-refractivity contribution >= 4 is 17.9 Å². The van der Waals surface area contributed by atoms with Crippen molar-refractivity contribution in [2.24, 2.45) is 11.3 Å². The Labute approximate surface area is 195 Å². The highest BCUT2D eigenvalue weighted by atomic mass is 16.6. The summed E-state index contributed by atoms with van der Waals surface area (Å²) in [6.07, 6.45) is 4.11. The molecule has 4 rings (SSSR count). The number of esters is 3. The molecule has 2 heterocycles. The van der Waals surface area contributed by atoms with Crippen molar-refractivity contribution in [2.45, 2.75) is 110 Å². The van der Waals surface area contributed by atoms with E-state index in [0.717, 1.165) is 11.1 Å². The first-order valence-electron chi connectivity index (χ1n) is 12.1. The molecule has 7 nitrogen and oxygen atoms in total. The van der Waals surface area contributed by atoms with Gasteiger partial charge in [-0.3, -0.25) is 9.59 Å². The van der Waals surface area contributed by atoms with Gasteiger partial charge < -0.3 is 18.9 Å². The maximum atomic E-state index is 12.7. The van der Waals surface area contributed by atoms with E-state index in [1.54, 1.807) is 0 Å². The summed E-state index contributed by atoms with van der Waals surface area (Å²) >= 11 is 0. The number of rotatable bonds is 4. The van der Waals surface area contributed by atoms with Crippen LogP contribution in [0.3, 0.4) is 0 Å². The summed E-state index contributed by atoms with van der Waals surface area (Å²) in [6, 6.07) is 0. The predicted molar refractivity (Wildman–Crippen MR) is 120 cm³/mol. The molecule has 0 amide bonds. The van der Waals surface area contributed by atoms with E-state index in [2.05, 4.69) is 13.8 Å². The molecule has 0 aromatic carbocycles. The average molecular weight is 461 g/mol. The molecule has 182 valence electrons. The molecule has 0 spiro atoms. The van der Waals surface area contributed by atoms with Crippen LogP contribution in [-0.2, 0) is 33.3 Å². The Bertz CT molecular complexity index is 918.